The predicted molar refractivity (Wildman–Crippen MR) is 110 cm³/mol. The fourth-order valence-electron chi connectivity index (χ4n) is 4.04. The molecule has 0 radical (unpaired) electrons. The van der Waals surface area contributed by atoms with Crippen molar-refractivity contribution in [2.75, 3.05) is 28.4 Å². The molecule has 4 N–H and O–H groups in total. The molecule has 30 heavy (non-hydrogen) atoms. The van der Waals surface area contributed by atoms with Gasteiger partial charge in [0.1, 0.15) is 0 Å². The summed E-state index contributed by atoms with van der Waals surface area (Å²) in [6.45, 7) is 3.07. The van der Waals surface area contributed by atoms with Crippen molar-refractivity contribution < 1.29 is 39.4 Å². The maximum Gasteiger partial charge on any atom is 0.203 e. The molecule has 0 saturated heterocycles. The van der Waals surface area contributed by atoms with Crippen molar-refractivity contribution in [3.05, 3.63) is 23.3 Å². The molecule has 8 nitrogen and oxygen atoms in total. The van der Waals surface area contributed by atoms with E-state index in [-0.39, 0.29) is 18.6 Å². The number of hydrogen-bond donors (Lipinski definition) is 4. The van der Waals surface area contributed by atoms with Gasteiger partial charge in [0.15, 0.2) is 23.0 Å². The summed E-state index contributed by atoms with van der Waals surface area (Å²) in [5, 5.41) is 43.1. The molecule has 0 spiro atoms. The minimum Gasteiger partial charge on any atom is -0.504 e. The van der Waals surface area contributed by atoms with Gasteiger partial charge in [0, 0.05) is 24.0 Å². The quantitative estimate of drug-likeness (QED) is 0.557. The highest BCUT2D eigenvalue weighted by atomic mass is 16.5. The fraction of sp³-hybridized carbons (Fsp3) is 0.455. The molecule has 0 bridgehead atoms. The third-order valence-electron chi connectivity index (χ3n) is 5.91. The maximum absolute atomic E-state index is 11.2. The van der Waals surface area contributed by atoms with E-state index in [4.69, 9.17) is 18.9 Å². The first kappa shape index (κ1) is 21.9. The van der Waals surface area contributed by atoms with E-state index in [9.17, 15) is 20.4 Å². The van der Waals surface area contributed by atoms with Crippen LogP contribution in [0.25, 0.3) is 11.1 Å². The van der Waals surface area contributed by atoms with E-state index in [1.165, 1.54) is 41.4 Å². The van der Waals surface area contributed by atoms with Gasteiger partial charge in [-0.15, -0.1) is 0 Å². The van der Waals surface area contributed by atoms with Crippen molar-refractivity contribution in [2.45, 2.75) is 37.9 Å². The molecule has 1 aliphatic rings. The average molecular weight is 420 g/mol. The molecule has 0 aromatic heterocycles. The zero-order valence-electron chi connectivity index (χ0n) is 18.0. The van der Waals surface area contributed by atoms with Gasteiger partial charge in [-0.3, -0.25) is 0 Å². The highest BCUT2D eigenvalue weighted by Gasteiger charge is 2.46. The van der Waals surface area contributed by atoms with Crippen LogP contribution in [0.1, 0.15) is 25.0 Å². The second kappa shape index (κ2) is 7.45. The monoisotopic (exact) mass is 420 g/mol. The Labute approximate surface area is 175 Å². The number of ether oxygens (including phenoxy) is 4. The molecule has 2 aromatic rings. The van der Waals surface area contributed by atoms with Gasteiger partial charge >= 0.3 is 0 Å². The van der Waals surface area contributed by atoms with Crippen LogP contribution in [0.3, 0.4) is 0 Å². The Kier molecular flexibility index (Phi) is 5.43. The van der Waals surface area contributed by atoms with Crippen molar-refractivity contribution in [1.82, 2.24) is 0 Å². The molecule has 3 rings (SSSR count). The Hall–Kier alpha value is -2.84. The average Bonchev–Trinajstić information content (AvgIpc) is 2.68. The first-order valence-electron chi connectivity index (χ1n) is 9.41. The number of phenolic OH excluding ortho intramolecular Hbond substituents is 2. The predicted octanol–water partition coefficient (Wildman–Crippen LogP) is 2.40. The lowest BCUT2D eigenvalue weighted by atomic mass is 9.72. The third-order valence-corrected chi connectivity index (χ3v) is 5.91. The van der Waals surface area contributed by atoms with E-state index in [0.29, 0.717) is 39.5 Å². The summed E-state index contributed by atoms with van der Waals surface area (Å²) in [6.07, 6.45) is 0.0345. The van der Waals surface area contributed by atoms with Crippen molar-refractivity contribution >= 4 is 0 Å². The van der Waals surface area contributed by atoms with Crippen LogP contribution >= 0.6 is 0 Å². The number of fused-ring (bicyclic) bond motifs is 3. The highest BCUT2D eigenvalue weighted by molar-refractivity contribution is 5.88. The Morgan fingerprint density at radius 1 is 0.700 bits per heavy atom. The van der Waals surface area contributed by atoms with Gasteiger partial charge in [-0.05, 0) is 37.1 Å². The first-order chi connectivity index (χ1) is 14.0. The Morgan fingerprint density at radius 3 is 1.63 bits per heavy atom. The normalized spacial score (nSPS) is 22.9. The van der Waals surface area contributed by atoms with E-state index in [2.05, 4.69) is 0 Å². The summed E-state index contributed by atoms with van der Waals surface area (Å²) < 4.78 is 22.1. The lowest BCUT2D eigenvalue weighted by molar-refractivity contribution is -0.129. The van der Waals surface area contributed by atoms with Crippen LogP contribution < -0.4 is 18.9 Å². The first-order valence-corrected chi connectivity index (χ1v) is 9.41. The van der Waals surface area contributed by atoms with Gasteiger partial charge in [0.05, 0.1) is 39.6 Å². The number of hydrogen-bond acceptors (Lipinski definition) is 8. The van der Waals surface area contributed by atoms with E-state index in [0.717, 1.165) is 0 Å². The van der Waals surface area contributed by atoms with Crippen LogP contribution in [0, 0.1) is 0 Å². The van der Waals surface area contributed by atoms with Crippen LogP contribution in [0.5, 0.6) is 34.5 Å². The van der Waals surface area contributed by atoms with Crippen LogP contribution in [0.4, 0.5) is 0 Å². The Bertz CT molecular complexity index is 978. The molecule has 0 saturated carbocycles. The van der Waals surface area contributed by atoms with Crippen molar-refractivity contribution in [3.8, 4) is 45.6 Å². The minimum atomic E-state index is -1.56. The SMILES string of the molecule is COc1cc2c(c(OC)c1OC)-c1c(cc(O)c(O)c1OC)C[C@@](C)(O)[C@@](C)(O)C2. The number of rotatable bonds is 4. The molecule has 0 amide bonds. The van der Waals surface area contributed by atoms with Gasteiger partial charge in [-0.25, -0.2) is 0 Å². The zero-order valence-corrected chi connectivity index (χ0v) is 18.0. The van der Waals surface area contributed by atoms with E-state index < -0.39 is 22.7 Å². The largest absolute Gasteiger partial charge is 0.504 e. The van der Waals surface area contributed by atoms with Gasteiger partial charge in [-0.2, -0.15) is 0 Å². The summed E-state index contributed by atoms with van der Waals surface area (Å²) in [5.74, 6) is 0.204. The number of aromatic hydroxyl groups is 2. The second-order valence-corrected chi connectivity index (χ2v) is 7.89. The Morgan fingerprint density at radius 2 is 1.17 bits per heavy atom. The smallest absolute Gasteiger partial charge is 0.203 e. The van der Waals surface area contributed by atoms with Gasteiger partial charge in [0.25, 0.3) is 0 Å². The molecule has 2 atom stereocenters. The molecular formula is C22H28O8. The molecule has 0 fully saturated rings. The van der Waals surface area contributed by atoms with E-state index in [1.807, 2.05) is 0 Å². The second-order valence-electron chi connectivity index (χ2n) is 7.89. The van der Waals surface area contributed by atoms with Crippen LogP contribution in [0.2, 0.25) is 0 Å². The molecular weight excluding hydrogens is 392 g/mol. The van der Waals surface area contributed by atoms with E-state index >= 15 is 0 Å². The maximum atomic E-state index is 11.2. The van der Waals surface area contributed by atoms with Gasteiger partial charge in [0.2, 0.25) is 11.5 Å². The summed E-state index contributed by atoms with van der Waals surface area (Å²) in [4.78, 5) is 0. The van der Waals surface area contributed by atoms with Crippen LogP contribution in [0.15, 0.2) is 12.1 Å². The third kappa shape index (κ3) is 3.16. The topological polar surface area (TPSA) is 118 Å². The Balaban J connectivity index is 2.55. The lowest BCUT2D eigenvalue weighted by Gasteiger charge is -2.41. The van der Waals surface area contributed by atoms with Crippen molar-refractivity contribution in [3.63, 3.8) is 0 Å². The van der Waals surface area contributed by atoms with Crippen molar-refractivity contribution in [1.29, 1.82) is 0 Å². The van der Waals surface area contributed by atoms with Crippen LogP contribution in [-0.4, -0.2) is 60.1 Å². The standard InChI is InChI=1S/C22H28O8/c1-21(25)9-11-7-13(23)17(24)19(29-5)15(11)16-12(10-22(21,2)26)8-14(27-3)18(28-4)20(16)30-6/h7-8,23-26H,9-10H2,1-6H3/t21-,22+/m1/s1. The van der Waals surface area contributed by atoms with Crippen LogP contribution in [-0.2, 0) is 12.8 Å². The number of benzene rings is 2. The molecule has 2 aromatic carbocycles. The fourth-order valence-corrected chi connectivity index (χ4v) is 4.04. The number of phenols is 2. The number of aliphatic hydroxyl groups is 2. The zero-order chi connectivity index (χ0) is 22.4. The van der Waals surface area contributed by atoms with Gasteiger partial charge in [-0.1, -0.05) is 0 Å². The summed E-state index contributed by atoms with van der Waals surface area (Å²) in [5.41, 5.74) is -1.12. The van der Waals surface area contributed by atoms with Crippen molar-refractivity contribution in [2.24, 2.45) is 0 Å². The molecule has 164 valence electrons. The summed E-state index contributed by atoms with van der Waals surface area (Å²) in [6, 6.07) is 3.04. The molecule has 8 heteroatoms. The summed E-state index contributed by atoms with van der Waals surface area (Å²) >= 11 is 0. The molecule has 0 unspecified atom stereocenters. The lowest BCUT2D eigenvalue weighted by Crippen LogP contribution is -2.53. The summed E-state index contributed by atoms with van der Waals surface area (Å²) in [7, 11) is 5.80. The number of methoxy groups -OCH3 is 4. The molecule has 0 heterocycles. The highest BCUT2D eigenvalue weighted by Crippen LogP contribution is 2.55. The van der Waals surface area contributed by atoms with Gasteiger partial charge < -0.3 is 39.4 Å². The van der Waals surface area contributed by atoms with E-state index in [1.54, 1.807) is 13.0 Å². The molecule has 1 aliphatic carbocycles. The minimum absolute atomic E-state index is 0.0174. The molecule has 0 aliphatic heterocycles.